The van der Waals surface area contributed by atoms with Gasteiger partial charge in [0, 0.05) is 29.6 Å². The average molecular weight is 309 g/mol. The van der Waals surface area contributed by atoms with Crippen molar-refractivity contribution in [3.8, 4) is 0 Å². The average Bonchev–Trinajstić information content (AvgIpc) is 2.85. The molecule has 1 aromatic carbocycles. The van der Waals surface area contributed by atoms with Crippen molar-refractivity contribution in [3.05, 3.63) is 34.3 Å². The first kappa shape index (κ1) is 12.6. The summed E-state index contributed by atoms with van der Waals surface area (Å²) in [5, 5.41) is 3.63. The molecule has 0 radical (unpaired) electrons. The molecule has 0 amide bonds. The maximum Gasteiger partial charge on any atom is 0.0320 e. The predicted molar refractivity (Wildman–Crippen MR) is 78.6 cm³/mol. The Bertz CT molecular complexity index is 421. The molecule has 2 saturated heterocycles. The highest BCUT2D eigenvalue weighted by atomic mass is 79.9. The molecule has 3 atom stereocenters. The Morgan fingerprint density at radius 3 is 3.11 bits per heavy atom. The topological polar surface area (TPSA) is 15.3 Å². The Morgan fingerprint density at radius 2 is 2.28 bits per heavy atom. The summed E-state index contributed by atoms with van der Waals surface area (Å²) < 4.78 is 1.18. The second kappa shape index (κ2) is 5.32. The third kappa shape index (κ3) is 2.49. The number of hydrogen-bond donors (Lipinski definition) is 1. The van der Waals surface area contributed by atoms with Gasteiger partial charge in [-0.25, -0.2) is 0 Å². The van der Waals surface area contributed by atoms with Crippen molar-refractivity contribution >= 4 is 15.9 Å². The van der Waals surface area contributed by atoms with Crippen LogP contribution in [-0.4, -0.2) is 30.6 Å². The van der Waals surface area contributed by atoms with Crippen LogP contribution in [0.5, 0.6) is 0 Å². The van der Waals surface area contributed by atoms with Crippen LogP contribution >= 0.6 is 15.9 Å². The van der Waals surface area contributed by atoms with E-state index in [1.807, 2.05) is 0 Å². The molecular weight excluding hydrogens is 288 g/mol. The second-order valence-corrected chi connectivity index (χ2v) is 6.54. The third-order valence-corrected chi connectivity index (χ3v) is 5.06. The van der Waals surface area contributed by atoms with Crippen LogP contribution < -0.4 is 5.32 Å². The quantitative estimate of drug-likeness (QED) is 0.902. The van der Waals surface area contributed by atoms with E-state index in [0.717, 1.165) is 12.0 Å². The number of halogens is 1. The van der Waals surface area contributed by atoms with Crippen LogP contribution in [-0.2, 0) is 0 Å². The van der Waals surface area contributed by atoms with Crippen LogP contribution in [0.1, 0.15) is 31.4 Å². The maximum absolute atomic E-state index is 3.63. The van der Waals surface area contributed by atoms with Crippen LogP contribution in [0.25, 0.3) is 0 Å². The van der Waals surface area contributed by atoms with Gasteiger partial charge in [-0.2, -0.15) is 0 Å². The molecule has 3 unspecified atom stereocenters. The molecule has 2 heterocycles. The fraction of sp³-hybridized carbons (Fsp3) is 0.600. The predicted octanol–water partition coefficient (Wildman–Crippen LogP) is 3.19. The number of nitrogens with zero attached hydrogens (tertiary/aromatic N) is 1. The number of nitrogens with one attached hydrogen (secondary N) is 1. The minimum Gasteiger partial charge on any atom is -0.314 e. The molecule has 2 aliphatic heterocycles. The Kier molecular flexibility index (Phi) is 3.73. The van der Waals surface area contributed by atoms with Crippen LogP contribution in [0.15, 0.2) is 28.7 Å². The van der Waals surface area contributed by atoms with E-state index in [-0.39, 0.29) is 0 Å². The van der Waals surface area contributed by atoms with Crippen molar-refractivity contribution in [2.45, 2.75) is 31.8 Å². The van der Waals surface area contributed by atoms with Crippen molar-refractivity contribution < 1.29 is 0 Å². The summed E-state index contributed by atoms with van der Waals surface area (Å²) in [5.41, 5.74) is 1.42. The van der Waals surface area contributed by atoms with Crippen LogP contribution in [0.2, 0.25) is 0 Å². The first-order valence-corrected chi connectivity index (χ1v) is 7.76. The third-order valence-electron chi connectivity index (χ3n) is 4.57. The van der Waals surface area contributed by atoms with Crippen molar-refractivity contribution in [2.75, 3.05) is 19.6 Å². The van der Waals surface area contributed by atoms with Gasteiger partial charge in [0.2, 0.25) is 0 Å². The van der Waals surface area contributed by atoms with Gasteiger partial charge in [-0.05, 0) is 49.9 Å². The van der Waals surface area contributed by atoms with Gasteiger partial charge in [-0.15, -0.1) is 0 Å². The molecule has 1 N–H and O–H groups in total. The van der Waals surface area contributed by atoms with Crippen molar-refractivity contribution in [1.29, 1.82) is 0 Å². The van der Waals surface area contributed by atoms with Gasteiger partial charge >= 0.3 is 0 Å². The minimum atomic E-state index is 0.532. The summed E-state index contributed by atoms with van der Waals surface area (Å²) in [7, 11) is 0. The smallest absolute Gasteiger partial charge is 0.0320 e. The Morgan fingerprint density at radius 1 is 1.39 bits per heavy atom. The normalized spacial score (nSPS) is 30.1. The first-order chi connectivity index (χ1) is 8.74. The Balaban J connectivity index is 1.71. The van der Waals surface area contributed by atoms with Gasteiger partial charge in [0.1, 0.15) is 0 Å². The van der Waals surface area contributed by atoms with Gasteiger partial charge in [0.15, 0.2) is 0 Å². The van der Waals surface area contributed by atoms with Crippen molar-refractivity contribution in [2.24, 2.45) is 5.92 Å². The SMILES string of the molecule is CC(c1cccc(Br)c1)N1CCC2NCCC2C1. The summed E-state index contributed by atoms with van der Waals surface area (Å²) in [4.78, 5) is 2.65. The number of hydrogen-bond acceptors (Lipinski definition) is 2. The lowest BCUT2D eigenvalue weighted by Crippen LogP contribution is -2.45. The Labute approximate surface area is 118 Å². The molecule has 3 heteroatoms. The Hall–Kier alpha value is -0.380. The van der Waals surface area contributed by atoms with Gasteiger partial charge in [-0.3, -0.25) is 4.90 Å². The number of likely N-dealkylation sites (tertiary alicyclic amines) is 1. The molecule has 2 nitrogen and oxygen atoms in total. The summed E-state index contributed by atoms with van der Waals surface area (Å²) in [6.07, 6.45) is 2.66. The van der Waals surface area contributed by atoms with Crippen LogP contribution in [0, 0.1) is 5.92 Å². The standard InChI is InChI=1S/C15H21BrN2/c1-11(12-3-2-4-14(16)9-12)18-8-6-15-13(10-18)5-7-17-15/h2-4,9,11,13,15,17H,5-8,10H2,1H3. The minimum absolute atomic E-state index is 0.532. The number of rotatable bonds is 2. The highest BCUT2D eigenvalue weighted by Gasteiger charge is 2.34. The second-order valence-electron chi connectivity index (χ2n) is 5.62. The lowest BCUT2D eigenvalue weighted by Gasteiger charge is -2.38. The van der Waals surface area contributed by atoms with E-state index in [4.69, 9.17) is 0 Å². The van der Waals surface area contributed by atoms with E-state index in [1.165, 1.54) is 42.5 Å². The van der Waals surface area contributed by atoms with E-state index < -0.39 is 0 Å². The molecule has 3 rings (SSSR count). The van der Waals surface area contributed by atoms with Crippen LogP contribution in [0.4, 0.5) is 0 Å². The maximum atomic E-state index is 3.63. The molecule has 0 bridgehead atoms. The van der Waals surface area contributed by atoms with Crippen LogP contribution in [0.3, 0.4) is 0 Å². The summed E-state index contributed by atoms with van der Waals surface area (Å²) in [6.45, 7) is 6.03. The highest BCUT2D eigenvalue weighted by molar-refractivity contribution is 9.10. The molecule has 0 spiro atoms. The molecular formula is C15H21BrN2. The van der Waals surface area contributed by atoms with E-state index >= 15 is 0 Å². The molecule has 2 aliphatic rings. The van der Waals surface area contributed by atoms with Gasteiger partial charge < -0.3 is 5.32 Å². The molecule has 2 fully saturated rings. The number of fused-ring (bicyclic) bond motifs is 1. The van der Waals surface area contributed by atoms with Crippen molar-refractivity contribution in [1.82, 2.24) is 10.2 Å². The monoisotopic (exact) mass is 308 g/mol. The number of piperidine rings is 1. The largest absolute Gasteiger partial charge is 0.314 e. The number of benzene rings is 1. The fourth-order valence-electron chi connectivity index (χ4n) is 3.40. The zero-order valence-corrected chi connectivity index (χ0v) is 12.5. The zero-order valence-electron chi connectivity index (χ0n) is 10.9. The molecule has 0 aromatic heterocycles. The molecule has 18 heavy (non-hydrogen) atoms. The van der Waals surface area contributed by atoms with Crippen molar-refractivity contribution in [3.63, 3.8) is 0 Å². The zero-order chi connectivity index (χ0) is 12.5. The highest BCUT2D eigenvalue weighted by Crippen LogP contribution is 2.31. The lowest BCUT2D eigenvalue weighted by atomic mass is 9.91. The molecule has 98 valence electrons. The van der Waals surface area contributed by atoms with E-state index in [2.05, 4.69) is 57.3 Å². The van der Waals surface area contributed by atoms with E-state index in [1.54, 1.807) is 0 Å². The van der Waals surface area contributed by atoms with Gasteiger partial charge in [0.25, 0.3) is 0 Å². The molecule has 0 saturated carbocycles. The summed E-state index contributed by atoms with van der Waals surface area (Å²) >= 11 is 3.57. The van der Waals surface area contributed by atoms with E-state index in [9.17, 15) is 0 Å². The van der Waals surface area contributed by atoms with Gasteiger partial charge in [-0.1, -0.05) is 28.1 Å². The first-order valence-electron chi connectivity index (χ1n) is 6.97. The van der Waals surface area contributed by atoms with Gasteiger partial charge in [0.05, 0.1) is 0 Å². The fourth-order valence-corrected chi connectivity index (χ4v) is 3.82. The summed E-state index contributed by atoms with van der Waals surface area (Å²) in [6, 6.07) is 10.1. The summed E-state index contributed by atoms with van der Waals surface area (Å²) in [5.74, 6) is 0.869. The molecule has 0 aliphatic carbocycles. The lowest BCUT2D eigenvalue weighted by molar-refractivity contribution is 0.122. The molecule has 1 aromatic rings. The van der Waals surface area contributed by atoms with E-state index in [0.29, 0.717) is 6.04 Å².